The van der Waals surface area contributed by atoms with Crippen LogP contribution in [0.15, 0.2) is 54.1 Å². The first kappa shape index (κ1) is 18.8. The lowest BCUT2D eigenvalue weighted by molar-refractivity contribution is -0.122. The van der Waals surface area contributed by atoms with Crippen LogP contribution >= 0.6 is 0 Å². The predicted octanol–water partition coefficient (Wildman–Crippen LogP) is 2.45. The van der Waals surface area contributed by atoms with E-state index < -0.39 is 23.8 Å². The number of urea groups is 1. The van der Waals surface area contributed by atoms with Gasteiger partial charge in [-0.15, -0.1) is 0 Å². The summed E-state index contributed by atoms with van der Waals surface area (Å²) in [6, 6.07) is 11.4. The van der Waals surface area contributed by atoms with Gasteiger partial charge in [-0.05, 0) is 43.3 Å². The number of benzene rings is 2. The summed E-state index contributed by atoms with van der Waals surface area (Å²) < 4.78 is 5.46. The Hall–Kier alpha value is -3.94. The Kier molecular flexibility index (Phi) is 5.21. The molecule has 2 N–H and O–H groups in total. The summed E-state index contributed by atoms with van der Waals surface area (Å²) in [4.78, 5) is 49.4. The third-order valence-corrected chi connectivity index (χ3v) is 3.97. The summed E-state index contributed by atoms with van der Waals surface area (Å²) in [7, 11) is 0. The van der Waals surface area contributed by atoms with Crippen molar-refractivity contribution in [1.29, 1.82) is 0 Å². The van der Waals surface area contributed by atoms with Gasteiger partial charge >= 0.3 is 12.0 Å². The van der Waals surface area contributed by atoms with E-state index in [1.165, 1.54) is 24.3 Å². The van der Waals surface area contributed by atoms with Gasteiger partial charge < -0.3 is 9.84 Å². The second-order valence-electron chi connectivity index (χ2n) is 5.78. The van der Waals surface area contributed by atoms with Gasteiger partial charge in [0.25, 0.3) is 11.8 Å². The van der Waals surface area contributed by atoms with E-state index in [2.05, 4.69) is 5.32 Å². The number of hydrogen-bond donors (Lipinski definition) is 2. The van der Waals surface area contributed by atoms with Gasteiger partial charge in [-0.3, -0.25) is 14.9 Å². The van der Waals surface area contributed by atoms with Crippen molar-refractivity contribution >= 4 is 35.6 Å². The first-order valence-electron chi connectivity index (χ1n) is 8.39. The van der Waals surface area contributed by atoms with Crippen molar-refractivity contribution in [3.8, 4) is 5.75 Å². The number of amides is 4. The van der Waals surface area contributed by atoms with Gasteiger partial charge in [0.2, 0.25) is 0 Å². The molecular weight excluding hydrogens is 364 g/mol. The second-order valence-corrected chi connectivity index (χ2v) is 5.78. The fourth-order valence-corrected chi connectivity index (χ4v) is 2.71. The molecule has 0 unspecified atom stereocenters. The summed E-state index contributed by atoms with van der Waals surface area (Å²) in [6.07, 6.45) is 1.22. The molecule has 1 aliphatic rings. The number of hydrogen-bond acceptors (Lipinski definition) is 5. The number of carbonyl (C=O) groups excluding carboxylic acids is 3. The largest absolute Gasteiger partial charge is 0.493 e. The Morgan fingerprint density at radius 3 is 2.50 bits per heavy atom. The van der Waals surface area contributed by atoms with Gasteiger partial charge in [0.1, 0.15) is 11.3 Å². The fourth-order valence-electron chi connectivity index (χ4n) is 2.71. The molecule has 0 radical (unpaired) electrons. The molecule has 3 rings (SSSR count). The molecule has 8 nitrogen and oxygen atoms in total. The number of nitrogens with zero attached hydrogens (tertiary/aromatic N) is 1. The minimum absolute atomic E-state index is 0.0324. The lowest BCUT2D eigenvalue weighted by atomic mass is 10.0. The number of rotatable bonds is 5. The van der Waals surface area contributed by atoms with Crippen molar-refractivity contribution in [3.63, 3.8) is 0 Å². The van der Waals surface area contributed by atoms with Crippen LogP contribution < -0.4 is 15.0 Å². The minimum atomic E-state index is -1.16. The topological polar surface area (TPSA) is 113 Å². The molecular formula is C20H16N2O6. The van der Waals surface area contributed by atoms with E-state index in [1.807, 2.05) is 0 Å². The van der Waals surface area contributed by atoms with Crippen molar-refractivity contribution < 1.29 is 29.0 Å². The van der Waals surface area contributed by atoms with Gasteiger partial charge in [0.05, 0.1) is 17.9 Å². The summed E-state index contributed by atoms with van der Waals surface area (Å²) >= 11 is 0. The van der Waals surface area contributed by atoms with Gasteiger partial charge in [-0.2, -0.15) is 0 Å². The summed E-state index contributed by atoms with van der Waals surface area (Å²) in [5.74, 6) is -2.54. The van der Waals surface area contributed by atoms with Crippen molar-refractivity contribution in [3.05, 3.63) is 65.2 Å². The lowest BCUT2D eigenvalue weighted by Crippen LogP contribution is -2.54. The van der Waals surface area contributed by atoms with E-state index >= 15 is 0 Å². The zero-order valence-corrected chi connectivity index (χ0v) is 14.8. The summed E-state index contributed by atoms with van der Waals surface area (Å²) in [6.45, 7) is 2.05. The third-order valence-electron chi connectivity index (χ3n) is 3.97. The summed E-state index contributed by atoms with van der Waals surface area (Å²) in [5.41, 5.74) is 0.192. The molecule has 28 heavy (non-hydrogen) atoms. The number of barbiturate groups is 1. The number of aromatic carboxylic acids is 1. The molecule has 142 valence electrons. The molecule has 0 aliphatic carbocycles. The number of para-hydroxylation sites is 1. The number of imide groups is 2. The van der Waals surface area contributed by atoms with Crippen LogP contribution in [0.1, 0.15) is 22.8 Å². The van der Waals surface area contributed by atoms with Crippen molar-refractivity contribution in [1.82, 2.24) is 5.32 Å². The van der Waals surface area contributed by atoms with E-state index in [9.17, 15) is 24.3 Å². The van der Waals surface area contributed by atoms with Crippen LogP contribution in [0, 0.1) is 0 Å². The smallest absolute Gasteiger partial charge is 0.335 e. The van der Waals surface area contributed by atoms with Crippen LogP contribution in [-0.4, -0.2) is 35.5 Å². The maximum atomic E-state index is 12.9. The molecule has 1 fully saturated rings. The normalized spacial score (nSPS) is 15.5. The number of carboxylic acids is 1. The van der Waals surface area contributed by atoms with Crippen LogP contribution in [0.2, 0.25) is 0 Å². The first-order chi connectivity index (χ1) is 13.4. The molecule has 1 heterocycles. The number of carboxylic acid groups (broad SMARTS) is 1. The maximum Gasteiger partial charge on any atom is 0.335 e. The highest BCUT2D eigenvalue weighted by Crippen LogP contribution is 2.26. The van der Waals surface area contributed by atoms with E-state index in [0.717, 1.165) is 4.90 Å². The van der Waals surface area contributed by atoms with Crippen molar-refractivity contribution in [2.24, 2.45) is 0 Å². The van der Waals surface area contributed by atoms with Crippen LogP contribution in [0.5, 0.6) is 5.75 Å². The van der Waals surface area contributed by atoms with Gasteiger partial charge in [-0.25, -0.2) is 14.5 Å². The highest BCUT2D eigenvalue weighted by molar-refractivity contribution is 6.39. The van der Waals surface area contributed by atoms with Gasteiger partial charge in [0.15, 0.2) is 0 Å². The Morgan fingerprint density at radius 1 is 1.14 bits per heavy atom. The molecule has 0 atom stereocenters. The van der Waals surface area contributed by atoms with Crippen LogP contribution in [0.4, 0.5) is 10.5 Å². The van der Waals surface area contributed by atoms with E-state index in [-0.39, 0.29) is 16.7 Å². The highest BCUT2D eigenvalue weighted by Gasteiger charge is 2.36. The van der Waals surface area contributed by atoms with Crippen LogP contribution in [0.25, 0.3) is 6.08 Å². The Balaban J connectivity index is 2.08. The Labute approximate surface area is 160 Å². The van der Waals surface area contributed by atoms with E-state index in [0.29, 0.717) is 18.0 Å². The second kappa shape index (κ2) is 7.75. The SMILES string of the molecule is CCOc1ccc(C(=O)O)cc1/C=C1\C(=O)NC(=O)N(c2ccccc2)C1=O. The van der Waals surface area contributed by atoms with E-state index in [4.69, 9.17) is 4.74 Å². The molecule has 0 spiro atoms. The first-order valence-corrected chi connectivity index (χ1v) is 8.39. The number of ether oxygens (including phenoxy) is 1. The Bertz CT molecular complexity index is 997. The quantitative estimate of drug-likeness (QED) is 0.609. The average molecular weight is 380 g/mol. The van der Waals surface area contributed by atoms with Crippen molar-refractivity contribution in [2.75, 3.05) is 11.5 Å². The third kappa shape index (κ3) is 3.61. The van der Waals surface area contributed by atoms with Crippen LogP contribution in [-0.2, 0) is 9.59 Å². The fraction of sp³-hybridized carbons (Fsp3) is 0.100. The zero-order valence-electron chi connectivity index (χ0n) is 14.8. The molecule has 8 heteroatoms. The molecule has 0 aromatic heterocycles. The number of carbonyl (C=O) groups is 4. The number of nitrogens with one attached hydrogen (secondary N) is 1. The molecule has 0 bridgehead atoms. The van der Waals surface area contributed by atoms with Crippen LogP contribution in [0.3, 0.4) is 0 Å². The molecule has 4 amide bonds. The standard InChI is InChI=1S/C20H16N2O6/c1-2-28-16-9-8-12(19(25)26)10-13(16)11-15-17(23)21-20(27)22(18(15)24)14-6-4-3-5-7-14/h3-11H,2H2,1H3,(H,25,26)(H,21,23,27)/b15-11+. The monoisotopic (exact) mass is 380 g/mol. The Morgan fingerprint density at radius 2 is 1.86 bits per heavy atom. The minimum Gasteiger partial charge on any atom is -0.493 e. The van der Waals surface area contributed by atoms with Crippen molar-refractivity contribution in [2.45, 2.75) is 6.92 Å². The molecule has 2 aromatic rings. The zero-order chi connectivity index (χ0) is 20.3. The van der Waals surface area contributed by atoms with Gasteiger partial charge in [-0.1, -0.05) is 18.2 Å². The maximum absolute atomic E-state index is 12.9. The molecule has 1 aliphatic heterocycles. The average Bonchev–Trinajstić information content (AvgIpc) is 2.67. The molecule has 0 saturated carbocycles. The lowest BCUT2D eigenvalue weighted by Gasteiger charge is -2.26. The highest BCUT2D eigenvalue weighted by atomic mass is 16.5. The van der Waals surface area contributed by atoms with E-state index in [1.54, 1.807) is 37.3 Å². The number of anilines is 1. The predicted molar refractivity (Wildman–Crippen MR) is 100 cm³/mol. The molecule has 1 saturated heterocycles. The van der Waals surface area contributed by atoms with Gasteiger partial charge in [0, 0.05) is 5.56 Å². The summed E-state index contributed by atoms with van der Waals surface area (Å²) in [5, 5.41) is 11.3. The molecule has 2 aromatic carbocycles.